The van der Waals surface area contributed by atoms with Gasteiger partial charge in [-0.25, -0.2) is 9.59 Å². The number of ether oxygens (including phenoxy) is 1. The molecule has 0 radical (unpaired) electrons. The normalized spacial score (nSPS) is 12.6. The van der Waals surface area contributed by atoms with E-state index in [1.807, 2.05) is 93.6 Å². The summed E-state index contributed by atoms with van der Waals surface area (Å²) in [7, 11) is 0. The fourth-order valence-corrected chi connectivity index (χ4v) is 3.74. The van der Waals surface area contributed by atoms with Gasteiger partial charge in [-0.05, 0) is 56.4 Å². The van der Waals surface area contributed by atoms with Crippen LogP contribution in [0.2, 0.25) is 0 Å². The molecule has 0 heterocycles. The fourth-order valence-electron chi connectivity index (χ4n) is 3.74. The average Bonchev–Trinajstić information content (AvgIpc) is 2.82. The molecule has 1 amide bonds. The third-order valence-electron chi connectivity index (χ3n) is 5.51. The first-order chi connectivity index (χ1) is 16.6. The van der Waals surface area contributed by atoms with Gasteiger partial charge in [0, 0.05) is 12.1 Å². The van der Waals surface area contributed by atoms with Crippen molar-refractivity contribution in [3.63, 3.8) is 0 Å². The number of hydrogen-bond acceptors (Lipinski definition) is 3. The highest BCUT2D eigenvalue weighted by atomic mass is 16.6. The maximum Gasteiger partial charge on any atom is 0.411 e. The second-order valence-corrected chi connectivity index (χ2v) is 9.58. The molecule has 35 heavy (non-hydrogen) atoms. The number of benzene rings is 3. The minimum atomic E-state index is -1.02. The summed E-state index contributed by atoms with van der Waals surface area (Å²) in [5.74, 6) is -1.02. The van der Waals surface area contributed by atoms with E-state index in [9.17, 15) is 14.7 Å². The number of carboxylic acids is 1. The smallest absolute Gasteiger partial charge is 0.411 e. The van der Waals surface area contributed by atoms with Gasteiger partial charge in [0.2, 0.25) is 0 Å². The van der Waals surface area contributed by atoms with Crippen LogP contribution in [0.25, 0.3) is 11.1 Å². The lowest BCUT2D eigenvalue weighted by Crippen LogP contribution is -2.43. The van der Waals surface area contributed by atoms with Crippen LogP contribution in [-0.4, -0.2) is 33.7 Å². The van der Waals surface area contributed by atoms with Crippen LogP contribution in [-0.2, 0) is 22.5 Å². The van der Waals surface area contributed by atoms with Crippen molar-refractivity contribution in [2.24, 2.45) is 0 Å². The van der Waals surface area contributed by atoms with E-state index in [4.69, 9.17) is 4.74 Å². The molecule has 0 bridgehead atoms. The molecule has 0 saturated heterocycles. The van der Waals surface area contributed by atoms with E-state index < -0.39 is 23.7 Å². The van der Waals surface area contributed by atoms with Gasteiger partial charge in [-0.3, -0.25) is 4.90 Å². The quantitative estimate of drug-likeness (QED) is 0.370. The van der Waals surface area contributed by atoms with Gasteiger partial charge in [0.15, 0.2) is 0 Å². The summed E-state index contributed by atoms with van der Waals surface area (Å²) in [6.07, 6.45) is 1.60. The first-order valence-corrected chi connectivity index (χ1v) is 11.7. The highest BCUT2D eigenvalue weighted by Gasteiger charge is 2.28. The summed E-state index contributed by atoms with van der Waals surface area (Å²) in [5.41, 5.74) is 3.64. The molecule has 3 rings (SSSR count). The molecule has 0 aliphatic carbocycles. The Bertz CT molecular complexity index is 1150. The van der Waals surface area contributed by atoms with Crippen molar-refractivity contribution in [3.05, 3.63) is 108 Å². The summed E-state index contributed by atoms with van der Waals surface area (Å²) in [6.45, 7) is 7.30. The van der Waals surface area contributed by atoms with Gasteiger partial charge >= 0.3 is 12.1 Å². The molecule has 0 fully saturated rings. The Kier molecular flexibility index (Phi) is 8.48. The van der Waals surface area contributed by atoms with Gasteiger partial charge in [-0.2, -0.15) is 0 Å². The average molecular weight is 472 g/mol. The van der Waals surface area contributed by atoms with E-state index in [1.54, 1.807) is 17.9 Å². The van der Waals surface area contributed by atoms with Gasteiger partial charge in [0.05, 0.1) is 6.04 Å². The summed E-state index contributed by atoms with van der Waals surface area (Å²) >= 11 is 0. The molecular formula is C30H33NO4. The predicted molar refractivity (Wildman–Crippen MR) is 139 cm³/mol. The van der Waals surface area contributed by atoms with Crippen LogP contribution >= 0.6 is 0 Å². The highest BCUT2D eigenvalue weighted by molar-refractivity contribution is 5.86. The molecule has 5 nitrogen and oxygen atoms in total. The molecule has 1 atom stereocenters. The Morgan fingerprint density at radius 3 is 1.94 bits per heavy atom. The van der Waals surface area contributed by atoms with Gasteiger partial charge < -0.3 is 9.84 Å². The van der Waals surface area contributed by atoms with Crippen LogP contribution in [0.3, 0.4) is 0 Å². The maximum atomic E-state index is 13.3. The highest BCUT2D eigenvalue weighted by Crippen LogP contribution is 2.23. The number of carbonyl (C=O) groups is 2. The monoisotopic (exact) mass is 471 g/mol. The largest absolute Gasteiger partial charge is 0.478 e. The standard InChI is InChI=1S/C30H33NO4/c1-22(28(32)33)19-27(20-23-15-17-26(18-16-23)25-13-9-6-10-14-25)31(29(34)35-30(2,3)4)21-24-11-7-5-8-12-24/h5-19,27H,20-21H2,1-4H3,(H,32,33)/b22-19+/t27-/m0/s1. The van der Waals surface area contributed by atoms with Crippen molar-refractivity contribution in [1.82, 2.24) is 4.90 Å². The summed E-state index contributed by atoms with van der Waals surface area (Å²) in [6, 6.07) is 27.4. The Morgan fingerprint density at radius 2 is 1.40 bits per heavy atom. The Hall–Kier alpha value is -3.86. The molecule has 0 unspecified atom stereocenters. The summed E-state index contributed by atoms with van der Waals surface area (Å²) in [5, 5.41) is 9.55. The SMILES string of the molecule is C/C(=C\[C@@H](Cc1ccc(-c2ccccc2)cc1)N(Cc1ccccc1)C(=O)OC(C)(C)C)C(=O)O. The number of amides is 1. The number of rotatable bonds is 8. The van der Waals surface area contributed by atoms with Crippen molar-refractivity contribution >= 4 is 12.1 Å². The van der Waals surface area contributed by atoms with Crippen molar-refractivity contribution in [2.75, 3.05) is 0 Å². The molecule has 3 aromatic carbocycles. The second-order valence-electron chi connectivity index (χ2n) is 9.58. The Labute approximate surface area is 207 Å². The zero-order chi connectivity index (χ0) is 25.4. The molecule has 182 valence electrons. The lowest BCUT2D eigenvalue weighted by atomic mass is 9.98. The first kappa shape index (κ1) is 25.8. The fraction of sp³-hybridized carbons (Fsp3) is 0.267. The summed E-state index contributed by atoms with van der Waals surface area (Å²) in [4.78, 5) is 26.6. The van der Waals surface area contributed by atoms with E-state index in [0.717, 1.165) is 22.3 Å². The van der Waals surface area contributed by atoms with Gasteiger partial charge in [-0.15, -0.1) is 0 Å². The van der Waals surface area contributed by atoms with Crippen molar-refractivity contribution in [2.45, 2.75) is 52.3 Å². The predicted octanol–water partition coefficient (Wildman–Crippen LogP) is 6.73. The molecule has 0 aromatic heterocycles. The number of hydrogen-bond donors (Lipinski definition) is 1. The molecular weight excluding hydrogens is 438 g/mol. The lowest BCUT2D eigenvalue weighted by molar-refractivity contribution is -0.132. The third-order valence-corrected chi connectivity index (χ3v) is 5.51. The van der Waals surface area contributed by atoms with Crippen molar-refractivity contribution < 1.29 is 19.4 Å². The van der Waals surface area contributed by atoms with Crippen LogP contribution < -0.4 is 0 Å². The van der Waals surface area contributed by atoms with E-state index in [1.165, 1.54) is 0 Å². The van der Waals surface area contributed by atoms with Gasteiger partial charge in [-0.1, -0.05) is 91.0 Å². The minimum Gasteiger partial charge on any atom is -0.478 e. The van der Waals surface area contributed by atoms with Crippen molar-refractivity contribution in [1.29, 1.82) is 0 Å². The maximum absolute atomic E-state index is 13.3. The second kappa shape index (κ2) is 11.5. The molecule has 5 heteroatoms. The molecule has 0 aliphatic heterocycles. The van der Waals surface area contributed by atoms with Gasteiger partial charge in [0.25, 0.3) is 0 Å². The molecule has 3 aromatic rings. The molecule has 1 N–H and O–H groups in total. The molecule has 0 aliphatic rings. The zero-order valence-corrected chi connectivity index (χ0v) is 20.8. The first-order valence-electron chi connectivity index (χ1n) is 11.7. The van der Waals surface area contributed by atoms with Crippen LogP contribution in [0.4, 0.5) is 4.79 Å². The Balaban J connectivity index is 1.95. The van der Waals surface area contributed by atoms with Crippen LogP contribution in [0.5, 0.6) is 0 Å². The third kappa shape index (κ3) is 7.85. The van der Waals surface area contributed by atoms with E-state index >= 15 is 0 Å². The molecule has 0 spiro atoms. The number of nitrogens with zero attached hydrogens (tertiary/aromatic N) is 1. The molecule has 0 saturated carbocycles. The number of aliphatic carboxylic acids is 1. The Morgan fingerprint density at radius 1 is 0.857 bits per heavy atom. The number of carboxylic acid groups (broad SMARTS) is 1. The lowest BCUT2D eigenvalue weighted by Gasteiger charge is -2.33. The van der Waals surface area contributed by atoms with Gasteiger partial charge in [0.1, 0.15) is 5.60 Å². The van der Waals surface area contributed by atoms with E-state index in [-0.39, 0.29) is 5.57 Å². The van der Waals surface area contributed by atoms with Crippen molar-refractivity contribution in [3.8, 4) is 11.1 Å². The topological polar surface area (TPSA) is 66.8 Å². The van der Waals surface area contributed by atoms with E-state index in [2.05, 4.69) is 12.1 Å². The number of carbonyl (C=O) groups excluding carboxylic acids is 1. The van der Waals surface area contributed by atoms with E-state index in [0.29, 0.717) is 13.0 Å². The van der Waals surface area contributed by atoms with Crippen LogP contribution in [0.15, 0.2) is 96.6 Å². The minimum absolute atomic E-state index is 0.178. The van der Waals surface area contributed by atoms with Crippen LogP contribution in [0.1, 0.15) is 38.8 Å². The van der Waals surface area contributed by atoms with Crippen LogP contribution in [0, 0.1) is 0 Å². The zero-order valence-electron chi connectivity index (χ0n) is 20.8. The summed E-state index contributed by atoms with van der Waals surface area (Å²) < 4.78 is 5.72.